The molecule has 1 saturated carbocycles. The molecule has 0 bridgehead atoms. The molecule has 2 aliphatic rings. The predicted octanol–water partition coefficient (Wildman–Crippen LogP) is 3.25. The van der Waals surface area contributed by atoms with E-state index in [4.69, 9.17) is 5.73 Å². The van der Waals surface area contributed by atoms with Gasteiger partial charge in [-0.15, -0.1) is 0 Å². The van der Waals surface area contributed by atoms with Crippen LogP contribution in [0.5, 0.6) is 0 Å². The first-order valence-corrected chi connectivity index (χ1v) is 10.3. The zero-order chi connectivity index (χ0) is 17.4. The quantitative estimate of drug-likeness (QED) is 0.692. The number of amides is 1. The summed E-state index contributed by atoms with van der Waals surface area (Å²) in [5.74, 6) is 2.14. The maximum absolute atomic E-state index is 12.3. The molecule has 2 rings (SSSR count). The molecule has 2 fully saturated rings. The van der Waals surface area contributed by atoms with Crippen LogP contribution in [-0.4, -0.2) is 54.5 Å². The van der Waals surface area contributed by atoms with Gasteiger partial charge in [-0.25, -0.2) is 0 Å². The lowest BCUT2D eigenvalue weighted by atomic mass is 9.79. The van der Waals surface area contributed by atoms with E-state index in [-0.39, 0.29) is 0 Å². The van der Waals surface area contributed by atoms with Crippen LogP contribution >= 0.6 is 0 Å². The Morgan fingerprint density at radius 1 is 0.958 bits per heavy atom. The van der Waals surface area contributed by atoms with Crippen LogP contribution in [0.4, 0.5) is 0 Å². The number of carbonyl (C=O) groups is 1. The third-order valence-corrected chi connectivity index (χ3v) is 6.21. The zero-order valence-corrected chi connectivity index (χ0v) is 16.0. The van der Waals surface area contributed by atoms with E-state index in [1.165, 1.54) is 25.7 Å². The van der Waals surface area contributed by atoms with Gasteiger partial charge >= 0.3 is 0 Å². The molecule has 0 spiro atoms. The minimum absolute atomic E-state index is 0.367. The molecule has 0 atom stereocenters. The minimum Gasteiger partial charge on any atom is -0.340 e. The molecule has 1 amide bonds. The lowest BCUT2D eigenvalue weighted by molar-refractivity contribution is -0.133. The van der Waals surface area contributed by atoms with Crippen molar-refractivity contribution in [3.05, 3.63) is 0 Å². The Kier molecular flexibility index (Phi) is 8.54. The van der Waals surface area contributed by atoms with Crippen LogP contribution in [0.15, 0.2) is 0 Å². The number of hydrogen-bond acceptors (Lipinski definition) is 3. The molecule has 1 saturated heterocycles. The molecule has 1 aliphatic carbocycles. The van der Waals surface area contributed by atoms with Crippen molar-refractivity contribution in [2.24, 2.45) is 17.6 Å². The first-order valence-electron chi connectivity index (χ1n) is 10.3. The average molecular weight is 338 g/mol. The predicted molar refractivity (Wildman–Crippen MR) is 101 cm³/mol. The molecular formula is C20H39N3O. The lowest BCUT2D eigenvalue weighted by Gasteiger charge is -2.42. The number of piperazine rings is 1. The molecule has 4 nitrogen and oxygen atoms in total. The van der Waals surface area contributed by atoms with Crippen molar-refractivity contribution in [3.8, 4) is 0 Å². The Bertz CT molecular complexity index is 356. The van der Waals surface area contributed by atoms with Crippen molar-refractivity contribution < 1.29 is 4.79 Å². The molecule has 4 heteroatoms. The van der Waals surface area contributed by atoms with Gasteiger partial charge in [0.05, 0.1) is 0 Å². The zero-order valence-electron chi connectivity index (χ0n) is 16.0. The van der Waals surface area contributed by atoms with Gasteiger partial charge in [0.25, 0.3) is 0 Å². The first kappa shape index (κ1) is 19.7. The summed E-state index contributed by atoms with van der Waals surface area (Å²) in [5.41, 5.74) is 5.50. The molecule has 0 unspecified atom stereocenters. The van der Waals surface area contributed by atoms with Gasteiger partial charge in [-0.05, 0) is 56.9 Å². The van der Waals surface area contributed by atoms with Gasteiger partial charge in [0.15, 0.2) is 0 Å². The number of carbonyl (C=O) groups excluding carboxylic acids is 1. The number of rotatable bonds is 8. The second-order valence-electron chi connectivity index (χ2n) is 8.18. The fourth-order valence-electron chi connectivity index (χ4n) is 4.40. The Hall–Kier alpha value is -0.610. The summed E-state index contributed by atoms with van der Waals surface area (Å²) in [6.07, 6.45) is 10.7. The van der Waals surface area contributed by atoms with Crippen molar-refractivity contribution in [1.29, 1.82) is 0 Å². The molecular weight excluding hydrogens is 298 g/mol. The third-order valence-electron chi connectivity index (χ3n) is 6.21. The highest BCUT2D eigenvalue weighted by atomic mass is 16.2. The smallest absolute Gasteiger partial charge is 0.222 e. The van der Waals surface area contributed by atoms with E-state index in [1.807, 2.05) is 0 Å². The Morgan fingerprint density at radius 3 is 2.17 bits per heavy atom. The van der Waals surface area contributed by atoms with Gasteiger partial charge in [0, 0.05) is 38.6 Å². The van der Waals surface area contributed by atoms with Crippen molar-refractivity contribution >= 4 is 5.91 Å². The van der Waals surface area contributed by atoms with Crippen molar-refractivity contribution in [1.82, 2.24) is 9.80 Å². The molecule has 24 heavy (non-hydrogen) atoms. The van der Waals surface area contributed by atoms with Crippen molar-refractivity contribution in [3.63, 3.8) is 0 Å². The summed E-state index contributed by atoms with van der Waals surface area (Å²) in [6, 6.07) is 0.772. The van der Waals surface area contributed by atoms with Gasteiger partial charge in [-0.3, -0.25) is 9.69 Å². The number of hydrogen-bond donors (Lipinski definition) is 1. The Labute approximate surface area is 149 Å². The Morgan fingerprint density at radius 2 is 1.58 bits per heavy atom. The summed E-state index contributed by atoms with van der Waals surface area (Å²) >= 11 is 0. The van der Waals surface area contributed by atoms with E-state index in [1.54, 1.807) is 0 Å². The molecule has 1 aliphatic heterocycles. The molecule has 140 valence electrons. The van der Waals surface area contributed by atoms with Crippen molar-refractivity contribution in [2.45, 2.75) is 77.7 Å². The van der Waals surface area contributed by atoms with Crippen LogP contribution in [0.25, 0.3) is 0 Å². The van der Waals surface area contributed by atoms with E-state index >= 15 is 0 Å². The average Bonchev–Trinajstić information content (AvgIpc) is 2.61. The largest absolute Gasteiger partial charge is 0.340 e. The molecule has 1 heterocycles. The van der Waals surface area contributed by atoms with Crippen LogP contribution in [0.1, 0.15) is 71.6 Å². The van der Waals surface area contributed by atoms with Crippen LogP contribution in [0, 0.1) is 11.8 Å². The van der Waals surface area contributed by atoms with Gasteiger partial charge in [0.2, 0.25) is 5.91 Å². The molecule has 0 radical (unpaired) electrons. The van der Waals surface area contributed by atoms with Crippen LogP contribution in [-0.2, 0) is 4.79 Å². The second-order valence-corrected chi connectivity index (χ2v) is 8.18. The molecule has 0 aromatic rings. The van der Waals surface area contributed by atoms with Crippen molar-refractivity contribution in [2.75, 3.05) is 32.7 Å². The molecule has 0 aromatic carbocycles. The fourth-order valence-corrected chi connectivity index (χ4v) is 4.40. The van der Waals surface area contributed by atoms with E-state index < -0.39 is 0 Å². The Balaban J connectivity index is 1.62. The number of nitrogens with two attached hydrogens (primary N) is 1. The lowest BCUT2D eigenvalue weighted by Crippen LogP contribution is -2.52. The van der Waals surface area contributed by atoms with Crippen LogP contribution in [0.3, 0.4) is 0 Å². The summed E-state index contributed by atoms with van der Waals surface area (Å²) in [6.45, 7) is 9.54. The monoisotopic (exact) mass is 337 g/mol. The summed E-state index contributed by atoms with van der Waals surface area (Å²) in [7, 11) is 0. The third kappa shape index (κ3) is 6.03. The van der Waals surface area contributed by atoms with Crippen LogP contribution < -0.4 is 5.73 Å². The molecule has 0 aromatic heterocycles. The summed E-state index contributed by atoms with van der Waals surface area (Å²) in [5, 5.41) is 0. The van der Waals surface area contributed by atoms with E-state index in [0.717, 1.165) is 82.7 Å². The standard InChI is InChI=1S/C20H39N3O/c1-17(2)18-8-10-19(11-9-18)22-13-15-23(16-14-22)20(24)7-5-3-4-6-12-21/h17-19H,3-16,21H2,1-2H3. The van der Waals surface area contributed by atoms with Gasteiger partial charge in [-0.1, -0.05) is 26.7 Å². The summed E-state index contributed by atoms with van der Waals surface area (Å²) in [4.78, 5) is 17.1. The fraction of sp³-hybridized carbons (Fsp3) is 0.950. The van der Waals surface area contributed by atoms with E-state index in [9.17, 15) is 4.79 Å². The van der Waals surface area contributed by atoms with Gasteiger partial charge < -0.3 is 10.6 Å². The second kappa shape index (κ2) is 10.4. The SMILES string of the molecule is CC(C)C1CCC(N2CCN(C(=O)CCCCCCN)CC2)CC1. The van der Waals surface area contributed by atoms with Gasteiger partial charge in [-0.2, -0.15) is 0 Å². The van der Waals surface area contributed by atoms with E-state index in [0.29, 0.717) is 5.91 Å². The number of nitrogens with zero attached hydrogens (tertiary/aromatic N) is 2. The van der Waals surface area contributed by atoms with Crippen LogP contribution in [0.2, 0.25) is 0 Å². The maximum atomic E-state index is 12.3. The van der Waals surface area contributed by atoms with E-state index in [2.05, 4.69) is 23.6 Å². The highest BCUT2D eigenvalue weighted by molar-refractivity contribution is 5.76. The topological polar surface area (TPSA) is 49.6 Å². The maximum Gasteiger partial charge on any atom is 0.222 e. The highest BCUT2D eigenvalue weighted by Crippen LogP contribution is 2.32. The minimum atomic E-state index is 0.367. The normalized spacial score (nSPS) is 26.1. The number of unbranched alkanes of at least 4 members (excludes halogenated alkanes) is 3. The first-order chi connectivity index (χ1) is 11.6. The molecule has 2 N–H and O–H groups in total. The highest BCUT2D eigenvalue weighted by Gasteiger charge is 2.30. The summed E-state index contributed by atoms with van der Waals surface area (Å²) < 4.78 is 0. The van der Waals surface area contributed by atoms with Gasteiger partial charge in [0.1, 0.15) is 0 Å².